The summed E-state index contributed by atoms with van der Waals surface area (Å²) in [7, 11) is 1.56. The first-order valence-corrected chi connectivity index (χ1v) is 11.1. The maximum Gasteiger partial charge on any atom is 0.227 e. The van der Waals surface area contributed by atoms with Crippen LogP contribution in [0.5, 0.6) is 5.75 Å². The number of anilines is 2. The van der Waals surface area contributed by atoms with E-state index < -0.39 is 0 Å². The number of methoxy groups -OCH3 is 1. The number of hydrogen-bond acceptors (Lipinski definition) is 5. The lowest BCUT2D eigenvalue weighted by Crippen LogP contribution is -2.38. The lowest BCUT2D eigenvalue weighted by molar-refractivity contribution is -0.120. The first-order valence-electron chi connectivity index (χ1n) is 10.7. The third-order valence-corrected chi connectivity index (χ3v) is 6.33. The molecular weight excluding hydrogens is 424 g/mol. The summed E-state index contributed by atoms with van der Waals surface area (Å²) in [5, 5.41) is 14.1. The molecule has 7 heteroatoms. The van der Waals surface area contributed by atoms with E-state index in [1.807, 2.05) is 6.07 Å². The lowest BCUT2D eigenvalue weighted by Gasteiger charge is -2.34. The van der Waals surface area contributed by atoms with Crippen LogP contribution in [0.25, 0.3) is 10.9 Å². The first-order chi connectivity index (χ1) is 15.5. The highest BCUT2D eigenvalue weighted by Gasteiger charge is 2.27. The molecule has 1 amide bonds. The summed E-state index contributed by atoms with van der Waals surface area (Å²) >= 11 is 6.17. The van der Waals surface area contributed by atoms with Crippen molar-refractivity contribution < 1.29 is 9.53 Å². The molecule has 1 fully saturated rings. The normalized spacial score (nSPS) is 14.2. The summed E-state index contributed by atoms with van der Waals surface area (Å²) in [6, 6.07) is 13.7. The topological polar surface area (TPSA) is 78.2 Å². The minimum atomic E-state index is -0.100. The molecular formula is C25H25ClN4O2. The molecule has 1 aliphatic heterocycles. The molecule has 4 rings (SSSR count). The van der Waals surface area contributed by atoms with Crippen LogP contribution >= 0.6 is 11.6 Å². The molecule has 0 aliphatic carbocycles. The lowest BCUT2D eigenvalue weighted by atomic mass is 9.94. The van der Waals surface area contributed by atoms with Gasteiger partial charge in [-0.2, -0.15) is 5.26 Å². The van der Waals surface area contributed by atoms with Gasteiger partial charge >= 0.3 is 0 Å². The fraction of sp³-hybridized carbons (Fsp3) is 0.320. The largest absolute Gasteiger partial charge is 0.495 e. The number of aromatic nitrogens is 1. The van der Waals surface area contributed by atoms with Crippen LogP contribution in [0.1, 0.15) is 30.9 Å². The van der Waals surface area contributed by atoms with Crippen LogP contribution in [0.3, 0.4) is 0 Å². The first kappa shape index (κ1) is 21.9. The predicted molar refractivity (Wildman–Crippen MR) is 127 cm³/mol. The minimum Gasteiger partial charge on any atom is -0.495 e. The Hall–Kier alpha value is -3.30. The van der Waals surface area contributed by atoms with E-state index in [4.69, 9.17) is 16.3 Å². The zero-order valence-electron chi connectivity index (χ0n) is 18.2. The molecule has 1 N–H and O–H groups in total. The summed E-state index contributed by atoms with van der Waals surface area (Å²) in [5.74, 6) is 0.457. The van der Waals surface area contributed by atoms with E-state index in [2.05, 4.69) is 40.3 Å². The van der Waals surface area contributed by atoms with Gasteiger partial charge in [0.2, 0.25) is 5.91 Å². The number of aryl methyl sites for hydroxylation is 1. The molecule has 0 spiro atoms. The SMILES string of the molecule is CCc1ccc2ncc(C#N)c(N3CCC(C(=O)Nc4ccc(OC)c(Cl)c4)CC3)c2c1. The molecule has 164 valence electrons. The van der Waals surface area contributed by atoms with Gasteiger partial charge in [-0.15, -0.1) is 0 Å². The number of carbonyl (C=O) groups excluding carboxylic acids is 1. The summed E-state index contributed by atoms with van der Waals surface area (Å²) in [4.78, 5) is 19.5. The molecule has 0 bridgehead atoms. The third-order valence-electron chi connectivity index (χ3n) is 6.03. The Morgan fingerprint density at radius 2 is 2.06 bits per heavy atom. The number of ether oxygens (including phenoxy) is 1. The van der Waals surface area contributed by atoms with Crippen LogP contribution in [0.15, 0.2) is 42.6 Å². The summed E-state index contributed by atoms with van der Waals surface area (Å²) in [5.41, 5.74) is 4.24. The number of halogens is 1. The van der Waals surface area contributed by atoms with Crippen molar-refractivity contribution in [3.8, 4) is 11.8 Å². The highest BCUT2D eigenvalue weighted by atomic mass is 35.5. The van der Waals surface area contributed by atoms with Crippen LogP contribution in [0.4, 0.5) is 11.4 Å². The third kappa shape index (κ3) is 4.35. The number of nitrogens with one attached hydrogen (secondary N) is 1. The van der Waals surface area contributed by atoms with Crippen LogP contribution in [-0.4, -0.2) is 31.1 Å². The second-order valence-corrected chi connectivity index (χ2v) is 8.34. The molecule has 0 unspecified atom stereocenters. The fourth-order valence-corrected chi connectivity index (χ4v) is 4.48. The Kier molecular flexibility index (Phi) is 6.48. The van der Waals surface area contributed by atoms with Gasteiger partial charge in [-0.05, 0) is 55.2 Å². The van der Waals surface area contributed by atoms with Gasteiger partial charge in [-0.25, -0.2) is 0 Å². The molecule has 1 aliphatic rings. The van der Waals surface area contributed by atoms with Gasteiger partial charge in [0.25, 0.3) is 0 Å². The van der Waals surface area contributed by atoms with E-state index in [9.17, 15) is 10.1 Å². The Labute approximate surface area is 192 Å². The second kappa shape index (κ2) is 9.46. The Morgan fingerprint density at radius 1 is 1.28 bits per heavy atom. The average molecular weight is 449 g/mol. The number of amides is 1. The number of hydrogen-bond donors (Lipinski definition) is 1. The molecule has 6 nitrogen and oxygen atoms in total. The Balaban J connectivity index is 1.50. The number of fused-ring (bicyclic) bond motifs is 1. The smallest absolute Gasteiger partial charge is 0.227 e. The maximum absolute atomic E-state index is 12.8. The molecule has 3 aromatic rings. The average Bonchev–Trinajstić information content (AvgIpc) is 2.83. The fourth-order valence-electron chi connectivity index (χ4n) is 4.22. The number of rotatable bonds is 5. The van der Waals surface area contributed by atoms with E-state index in [0.29, 0.717) is 48.0 Å². The molecule has 0 radical (unpaired) electrons. The van der Waals surface area contributed by atoms with Gasteiger partial charge in [0.1, 0.15) is 11.8 Å². The number of piperidine rings is 1. The van der Waals surface area contributed by atoms with E-state index in [0.717, 1.165) is 23.0 Å². The van der Waals surface area contributed by atoms with Crippen molar-refractivity contribution in [2.75, 3.05) is 30.4 Å². The van der Waals surface area contributed by atoms with Crippen molar-refractivity contribution in [2.24, 2.45) is 5.92 Å². The van der Waals surface area contributed by atoms with Crippen molar-refractivity contribution in [3.63, 3.8) is 0 Å². The maximum atomic E-state index is 12.8. The van der Waals surface area contributed by atoms with Crippen LogP contribution in [0.2, 0.25) is 5.02 Å². The van der Waals surface area contributed by atoms with Crippen molar-refractivity contribution in [1.29, 1.82) is 5.26 Å². The molecule has 1 aromatic heterocycles. The van der Waals surface area contributed by atoms with Crippen molar-refractivity contribution in [3.05, 3.63) is 58.7 Å². The summed E-state index contributed by atoms with van der Waals surface area (Å²) < 4.78 is 5.16. The van der Waals surface area contributed by atoms with Gasteiger partial charge in [-0.3, -0.25) is 9.78 Å². The van der Waals surface area contributed by atoms with Gasteiger partial charge in [0.05, 0.1) is 28.9 Å². The number of nitrogens with zero attached hydrogens (tertiary/aromatic N) is 3. The zero-order valence-corrected chi connectivity index (χ0v) is 18.9. The van der Waals surface area contributed by atoms with E-state index in [1.165, 1.54) is 5.56 Å². The molecule has 0 atom stereocenters. The number of benzene rings is 2. The standard InChI is InChI=1S/C25H25ClN4O2/c1-3-16-4-6-22-20(12-16)24(18(14-27)15-28-22)30-10-8-17(9-11-30)25(31)29-19-5-7-23(32-2)21(26)13-19/h4-7,12-13,15,17H,3,8-11H2,1-2H3,(H,29,31). The van der Waals surface area contributed by atoms with Crippen molar-refractivity contribution in [2.45, 2.75) is 26.2 Å². The quantitative estimate of drug-likeness (QED) is 0.581. The van der Waals surface area contributed by atoms with Crippen molar-refractivity contribution >= 4 is 39.8 Å². The summed E-state index contributed by atoms with van der Waals surface area (Å²) in [6.07, 6.45) is 3.98. The Morgan fingerprint density at radius 3 is 2.72 bits per heavy atom. The summed E-state index contributed by atoms with van der Waals surface area (Å²) in [6.45, 7) is 3.51. The van der Waals surface area contributed by atoms with Gasteiger partial charge in [0.15, 0.2) is 0 Å². The molecule has 1 saturated heterocycles. The highest BCUT2D eigenvalue weighted by molar-refractivity contribution is 6.32. The molecule has 0 saturated carbocycles. The Bertz CT molecular complexity index is 1200. The molecule has 2 heterocycles. The zero-order chi connectivity index (χ0) is 22.7. The number of carbonyl (C=O) groups is 1. The van der Waals surface area contributed by atoms with Gasteiger partial charge in [0, 0.05) is 36.3 Å². The van der Waals surface area contributed by atoms with Gasteiger partial charge in [-0.1, -0.05) is 24.6 Å². The molecule has 2 aromatic carbocycles. The van der Waals surface area contributed by atoms with Crippen LogP contribution in [-0.2, 0) is 11.2 Å². The van der Waals surface area contributed by atoms with Crippen LogP contribution < -0.4 is 15.0 Å². The second-order valence-electron chi connectivity index (χ2n) is 7.94. The highest BCUT2D eigenvalue weighted by Crippen LogP contribution is 2.34. The number of nitriles is 1. The van der Waals surface area contributed by atoms with E-state index >= 15 is 0 Å². The minimum absolute atomic E-state index is 0.0146. The van der Waals surface area contributed by atoms with Crippen LogP contribution in [0, 0.1) is 17.2 Å². The van der Waals surface area contributed by atoms with Crippen molar-refractivity contribution in [1.82, 2.24) is 4.98 Å². The van der Waals surface area contributed by atoms with E-state index in [1.54, 1.807) is 31.5 Å². The monoisotopic (exact) mass is 448 g/mol. The molecule has 32 heavy (non-hydrogen) atoms. The predicted octanol–water partition coefficient (Wildman–Crippen LogP) is 5.19. The van der Waals surface area contributed by atoms with Gasteiger partial charge < -0.3 is 15.0 Å². The van der Waals surface area contributed by atoms with E-state index in [-0.39, 0.29) is 11.8 Å². The number of pyridine rings is 1.